The molecule has 4 aromatic rings. The summed E-state index contributed by atoms with van der Waals surface area (Å²) in [6.45, 7) is 4.61. The van der Waals surface area contributed by atoms with Crippen molar-refractivity contribution in [1.29, 1.82) is 0 Å². The lowest BCUT2D eigenvalue weighted by molar-refractivity contribution is 0.0783. The van der Waals surface area contributed by atoms with Gasteiger partial charge in [-0.3, -0.25) is 14.5 Å². The van der Waals surface area contributed by atoms with E-state index >= 15 is 0 Å². The summed E-state index contributed by atoms with van der Waals surface area (Å²) >= 11 is 0. The van der Waals surface area contributed by atoms with Crippen LogP contribution in [0, 0.1) is 13.8 Å². The van der Waals surface area contributed by atoms with Crippen LogP contribution in [0.4, 0.5) is 0 Å². The number of amides is 1. The van der Waals surface area contributed by atoms with Crippen LogP contribution in [0.25, 0.3) is 10.9 Å². The molecule has 0 N–H and O–H groups in total. The second-order valence-electron chi connectivity index (χ2n) is 6.77. The van der Waals surface area contributed by atoms with E-state index in [2.05, 4.69) is 15.4 Å². The van der Waals surface area contributed by atoms with Crippen molar-refractivity contribution in [2.45, 2.75) is 26.9 Å². The molecule has 0 bridgehead atoms. The van der Waals surface area contributed by atoms with E-state index in [9.17, 15) is 4.79 Å². The lowest BCUT2D eigenvalue weighted by Crippen LogP contribution is -2.27. The number of fused-ring (bicyclic) bond motifs is 1. The SMILES string of the molecule is Cc1nonc1CN(C)C(=O)c1cc(Cn2nccc2C)nc2ccccc12. The van der Waals surface area contributed by atoms with Gasteiger partial charge in [-0.15, -0.1) is 0 Å². The number of aryl methyl sites for hydroxylation is 2. The van der Waals surface area contributed by atoms with Gasteiger partial charge >= 0.3 is 0 Å². The van der Waals surface area contributed by atoms with E-state index < -0.39 is 0 Å². The molecule has 4 rings (SSSR count). The Balaban J connectivity index is 1.71. The Morgan fingerprint density at radius 2 is 2.00 bits per heavy atom. The van der Waals surface area contributed by atoms with Gasteiger partial charge in [0.15, 0.2) is 0 Å². The molecular formula is C20H20N6O2. The van der Waals surface area contributed by atoms with Gasteiger partial charge in [0, 0.05) is 24.3 Å². The highest BCUT2D eigenvalue weighted by Gasteiger charge is 2.19. The van der Waals surface area contributed by atoms with E-state index in [1.807, 2.05) is 48.0 Å². The van der Waals surface area contributed by atoms with Gasteiger partial charge in [-0.1, -0.05) is 28.5 Å². The third-order valence-corrected chi connectivity index (χ3v) is 4.72. The van der Waals surface area contributed by atoms with Crippen LogP contribution in [-0.2, 0) is 13.1 Å². The molecule has 8 nitrogen and oxygen atoms in total. The maximum absolute atomic E-state index is 13.2. The predicted octanol–water partition coefficient (Wildman–Crippen LogP) is 2.75. The number of benzene rings is 1. The molecule has 0 spiro atoms. The number of carbonyl (C=O) groups is 1. The lowest BCUT2D eigenvalue weighted by atomic mass is 10.1. The maximum Gasteiger partial charge on any atom is 0.254 e. The molecule has 0 fully saturated rings. The zero-order valence-corrected chi connectivity index (χ0v) is 16.0. The van der Waals surface area contributed by atoms with Crippen LogP contribution in [0.5, 0.6) is 0 Å². The first-order chi connectivity index (χ1) is 13.5. The number of pyridine rings is 1. The summed E-state index contributed by atoms with van der Waals surface area (Å²) in [4.78, 5) is 19.5. The molecular weight excluding hydrogens is 356 g/mol. The van der Waals surface area contributed by atoms with Gasteiger partial charge in [0.2, 0.25) is 0 Å². The molecule has 8 heteroatoms. The molecule has 0 unspecified atom stereocenters. The number of carbonyl (C=O) groups excluding carboxylic acids is 1. The van der Waals surface area contributed by atoms with Crippen LogP contribution in [0.15, 0.2) is 47.2 Å². The first-order valence-corrected chi connectivity index (χ1v) is 8.93. The molecule has 28 heavy (non-hydrogen) atoms. The van der Waals surface area contributed by atoms with Crippen molar-refractivity contribution in [2.24, 2.45) is 0 Å². The van der Waals surface area contributed by atoms with Crippen molar-refractivity contribution in [3.8, 4) is 0 Å². The molecule has 142 valence electrons. The summed E-state index contributed by atoms with van der Waals surface area (Å²) in [5.74, 6) is -0.112. The Morgan fingerprint density at radius 3 is 2.71 bits per heavy atom. The number of para-hydroxylation sites is 1. The smallest absolute Gasteiger partial charge is 0.254 e. The largest absolute Gasteiger partial charge is 0.336 e. The minimum Gasteiger partial charge on any atom is -0.336 e. The quantitative estimate of drug-likeness (QED) is 0.532. The zero-order chi connectivity index (χ0) is 19.7. The Kier molecular flexibility index (Phi) is 4.60. The Morgan fingerprint density at radius 1 is 1.18 bits per heavy atom. The highest BCUT2D eigenvalue weighted by atomic mass is 16.6. The van der Waals surface area contributed by atoms with E-state index in [0.717, 1.165) is 22.3 Å². The van der Waals surface area contributed by atoms with E-state index in [1.54, 1.807) is 25.1 Å². The van der Waals surface area contributed by atoms with Crippen LogP contribution in [0.2, 0.25) is 0 Å². The summed E-state index contributed by atoms with van der Waals surface area (Å²) < 4.78 is 6.59. The second kappa shape index (κ2) is 7.22. The Labute approximate surface area is 161 Å². The van der Waals surface area contributed by atoms with Crippen LogP contribution < -0.4 is 0 Å². The highest BCUT2D eigenvalue weighted by molar-refractivity contribution is 6.06. The molecule has 3 aromatic heterocycles. The van der Waals surface area contributed by atoms with E-state index in [1.165, 1.54) is 0 Å². The zero-order valence-electron chi connectivity index (χ0n) is 16.0. The molecule has 0 radical (unpaired) electrons. The first kappa shape index (κ1) is 17.8. The normalized spacial score (nSPS) is 11.1. The van der Waals surface area contributed by atoms with Crippen molar-refractivity contribution >= 4 is 16.8 Å². The van der Waals surface area contributed by atoms with Crippen LogP contribution >= 0.6 is 0 Å². The molecule has 0 saturated heterocycles. The third kappa shape index (κ3) is 3.36. The fourth-order valence-electron chi connectivity index (χ4n) is 3.10. The third-order valence-electron chi connectivity index (χ3n) is 4.72. The lowest BCUT2D eigenvalue weighted by Gasteiger charge is -2.18. The van der Waals surface area contributed by atoms with Gasteiger partial charge in [-0.2, -0.15) is 5.10 Å². The van der Waals surface area contributed by atoms with Gasteiger partial charge in [0.1, 0.15) is 11.4 Å². The summed E-state index contributed by atoms with van der Waals surface area (Å²) in [5, 5.41) is 12.8. The number of hydrogen-bond acceptors (Lipinski definition) is 6. The molecule has 1 amide bonds. The number of rotatable bonds is 5. The van der Waals surface area contributed by atoms with Crippen molar-refractivity contribution in [3.05, 3.63) is 70.9 Å². The monoisotopic (exact) mass is 376 g/mol. The van der Waals surface area contributed by atoms with Crippen LogP contribution in [0.1, 0.15) is 33.1 Å². The molecule has 3 heterocycles. The van der Waals surface area contributed by atoms with Gasteiger partial charge in [0.05, 0.1) is 29.9 Å². The van der Waals surface area contributed by atoms with Gasteiger partial charge in [-0.05, 0) is 32.0 Å². The summed E-state index contributed by atoms with van der Waals surface area (Å²) in [6, 6.07) is 11.4. The molecule has 0 saturated carbocycles. The Hall–Kier alpha value is -3.55. The second-order valence-corrected chi connectivity index (χ2v) is 6.77. The van der Waals surface area contributed by atoms with E-state index in [-0.39, 0.29) is 5.91 Å². The van der Waals surface area contributed by atoms with Crippen molar-refractivity contribution in [1.82, 2.24) is 30.0 Å². The predicted molar refractivity (Wildman–Crippen MR) is 103 cm³/mol. The highest BCUT2D eigenvalue weighted by Crippen LogP contribution is 2.21. The Bertz CT molecular complexity index is 1150. The summed E-state index contributed by atoms with van der Waals surface area (Å²) in [6.07, 6.45) is 1.75. The number of nitrogens with zero attached hydrogens (tertiary/aromatic N) is 6. The van der Waals surface area contributed by atoms with Crippen LogP contribution in [0.3, 0.4) is 0 Å². The molecule has 0 aliphatic heterocycles. The fraction of sp³-hybridized carbons (Fsp3) is 0.250. The van der Waals surface area contributed by atoms with Gasteiger partial charge in [-0.25, -0.2) is 4.63 Å². The van der Waals surface area contributed by atoms with Crippen molar-refractivity contribution in [3.63, 3.8) is 0 Å². The van der Waals surface area contributed by atoms with E-state index in [4.69, 9.17) is 9.61 Å². The first-order valence-electron chi connectivity index (χ1n) is 8.93. The number of aromatic nitrogens is 5. The standard InChI is InChI=1S/C20H20N6O2/c1-13-8-9-21-26(13)11-15-10-17(16-6-4-5-7-18(16)22-15)20(27)25(3)12-19-14(2)23-28-24-19/h4-10H,11-12H2,1-3H3. The summed E-state index contributed by atoms with van der Waals surface area (Å²) in [7, 11) is 1.74. The minimum atomic E-state index is -0.112. The minimum absolute atomic E-state index is 0.112. The molecule has 0 aliphatic rings. The average molecular weight is 376 g/mol. The van der Waals surface area contributed by atoms with Gasteiger partial charge in [0.25, 0.3) is 5.91 Å². The average Bonchev–Trinajstić information content (AvgIpc) is 3.28. The van der Waals surface area contributed by atoms with Crippen molar-refractivity contribution < 1.29 is 9.42 Å². The van der Waals surface area contributed by atoms with E-state index in [0.29, 0.717) is 30.0 Å². The van der Waals surface area contributed by atoms with Crippen LogP contribution in [-0.4, -0.2) is 42.9 Å². The molecule has 0 aliphatic carbocycles. The topological polar surface area (TPSA) is 89.9 Å². The van der Waals surface area contributed by atoms with Gasteiger partial charge < -0.3 is 4.90 Å². The maximum atomic E-state index is 13.2. The molecule has 0 atom stereocenters. The summed E-state index contributed by atoms with van der Waals surface area (Å²) in [5.41, 5.74) is 4.51. The van der Waals surface area contributed by atoms with Crippen molar-refractivity contribution in [2.75, 3.05) is 7.05 Å². The fourth-order valence-corrected chi connectivity index (χ4v) is 3.10. The molecule has 1 aromatic carbocycles. The number of hydrogen-bond donors (Lipinski definition) is 0.